The highest BCUT2D eigenvalue weighted by Crippen LogP contribution is 2.24. The summed E-state index contributed by atoms with van der Waals surface area (Å²) in [6, 6.07) is 10.7. The first kappa shape index (κ1) is 20.8. The molecule has 0 aromatic heterocycles. The Hall–Kier alpha value is -3.94. The average Bonchev–Trinajstić information content (AvgIpc) is 2.65. The van der Waals surface area contributed by atoms with Crippen molar-refractivity contribution in [2.24, 2.45) is 0 Å². The molecule has 8 heteroatoms. The summed E-state index contributed by atoms with van der Waals surface area (Å²) < 4.78 is 5.25. The number of carboxylic acids is 1. The molecule has 8 nitrogen and oxygen atoms in total. The van der Waals surface area contributed by atoms with E-state index in [0.717, 1.165) is 16.0 Å². The van der Waals surface area contributed by atoms with E-state index in [1.54, 1.807) is 24.3 Å². The van der Waals surface area contributed by atoms with Crippen LogP contribution in [0, 0.1) is 13.8 Å². The molecular weight excluding hydrogens is 388 g/mol. The van der Waals surface area contributed by atoms with Crippen molar-refractivity contribution in [3.8, 4) is 5.75 Å². The predicted molar refractivity (Wildman–Crippen MR) is 109 cm³/mol. The number of anilines is 1. The molecule has 154 valence electrons. The lowest BCUT2D eigenvalue weighted by Crippen LogP contribution is -2.54. The van der Waals surface area contributed by atoms with Crippen LogP contribution in [0.5, 0.6) is 5.75 Å². The highest BCUT2D eigenvalue weighted by atomic mass is 16.5. The third-order valence-corrected chi connectivity index (χ3v) is 4.42. The number of urea groups is 1. The van der Waals surface area contributed by atoms with E-state index >= 15 is 0 Å². The van der Waals surface area contributed by atoms with Crippen LogP contribution in [0.15, 0.2) is 48.0 Å². The standard InChI is InChI=1S/C22H20N2O6/c1-12-8-13(2)10-16(9-12)24-20(26)18(19(25)23-22(24)29)11-15-4-6-17(7-5-15)30-14(3)21(27)28/h4-11,14H,1-3H3,(H,27,28)(H,23,25,29)/b18-11-/t14-/m1/s1. The van der Waals surface area contributed by atoms with Gasteiger partial charge in [-0.25, -0.2) is 14.5 Å². The first-order valence-corrected chi connectivity index (χ1v) is 9.15. The highest BCUT2D eigenvalue weighted by Gasteiger charge is 2.36. The van der Waals surface area contributed by atoms with E-state index < -0.39 is 29.9 Å². The fourth-order valence-corrected chi connectivity index (χ4v) is 3.04. The number of aryl methyl sites for hydroxylation is 2. The third kappa shape index (κ3) is 4.38. The van der Waals surface area contributed by atoms with Gasteiger partial charge in [-0.1, -0.05) is 18.2 Å². The zero-order valence-corrected chi connectivity index (χ0v) is 16.6. The van der Waals surface area contributed by atoms with E-state index in [1.165, 1.54) is 25.1 Å². The van der Waals surface area contributed by atoms with Gasteiger partial charge in [0.15, 0.2) is 6.10 Å². The van der Waals surface area contributed by atoms with Gasteiger partial charge in [-0.2, -0.15) is 0 Å². The smallest absolute Gasteiger partial charge is 0.344 e. The van der Waals surface area contributed by atoms with Crippen LogP contribution in [-0.2, 0) is 14.4 Å². The van der Waals surface area contributed by atoms with E-state index in [0.29, 0.717) is 17.0 Å². The summed E-state index contributed by atoms with van der Waals surface area (Å²) >= 11 is 0. The second-order valence-corrected chi connectivity index (χ2v) is 6.97. The summed E-state index contributed by atoms with van der Waals surface area (Å²) in [5.74, 6) is -2.28. The SMILES string of the molecule is Cc1cc(C)cc(N2C(=O)NC(=O)/C(=C/c3ccc(O[C@H](C)C(=O)O)cc3)C2=O)c1. The molecule has 30 heavy (non-hydrogen) atoms. The van der Waals surface area contributed by atoms with Crippen molar-refractivity contribution in [3.63, 3.8) is 0 Å². The molecule has 2 aromatic carbocycles. The van der Waals surface area contributed by atoms with Gasteiger partial charge in [0.05, 0.1) is 5.69 Å². The topological polar surface area (TPSA) is 113 Å². The second kappa shape index (κ2) is 8.20. The van der Waals surface area contributed by atoms with E-state index in [9.17, 15) is 19.2 Å². The molecule has 1 atom stereocenters. The van der Waals surface area contributed by atoms with Gasteiger partial charge in [0.1, 0.15) is 11.3 Å². The largest absolute Gasteiger partial charge is 0.479 e. The number of barbiturate groups is 1. The van der Waals surface area contributed by atoms with Crippen LogP contribution in [0.1, 0.15) is 23.6 Å². The second-order valence-electron chi connectivity index (χ2n) is 6.97. The molecule has 1 saturated heterocycles. The van der Waals surface area contributed by atoms with Crippen LogP contribution < -0.4 is 15.0 Å². The number of benzene rings is 2. The molecule has 1 heterocycles. The van der Waals surface area contributed by atoms with E-state index in [-0.39, 0.29) is 5.57 Å². The number of nitrogens with one attached hydrogen (secondary N) is 1. The van der Waals surface area contributed by atoms with Gasteiger partial charge < -0.3 is 9.84 Å². The lowest BCUT2D eigenvalue weighted by Gasteiger charge is -2.27. The zero-order valence-electron chi connectivity index (χ0n) is 16.6. The lowest BCUT2D eigenvalue weighted by atomic mass is 10.1. The summed E-state index contributed by atoms with van der Waals surface area (Å²) in [5, 5.41) is 11.1. The lowest BCUT2D eigenvalue weighted by molar-refractivity contribution is -0.144. The van der Waals surface area contributed by atoms with E-state index in [2.05, 4.69) is 5.32 Å². The van der Waals surface area contributed by atoms with Crippen molar-refractivity contribution in [2.75, 3.05) is 4.90 Å². The molecule has 2 aromatic rings. The molecule has 3 rings (SSSR count). The fourth-order valence-electron chi connectivity index (χ4n) is 3.04. The van der Waals surface area contributed by atoms with Crippen LogP contribution in [0.2, 0.25) is 0 Å². The molecule has 4 amide bonds. The summed E-state index contributed by atoms with van der Waals surface area (Å²) in [4.78, 5) is 49.3. The van der Waals surface area contributed by atoms with Crippen molar-refractivity contribution in [1.29, 1.82) is 0 Å². The molecular formula is C22H20N2O6. The minimum absolute atomic E-state index is 0.193. The van der Waals surface area contributed by atoms with Crippen molar-refractivity contribution < 1.29 is 29.0 Å². The quantitative estimate of drug-likeness (QED) is 0.581. The van der Waals surface area contributed by atoms with Gasteiger partial charge in [-0.3, -0.25) is 14.9 Å². The van der Waals surface area contributed by atoms with Crippen LogP contribution in [0.4, 0.5) is 10.5 Å². The van der Waals surface area contributed by atoms with E-state index in [1.807, 2.05) is 19.9 Å². The monoisotopic (exact) mass is 408 g/mol. The molecule has 0 spiro atoms. The number of hydrogen-bond acceptors (Lipinski definition) is 5. The Morgan fingerprint density at radius 1 is 1.07 bits per heavy atom. The number of carbonyl (C=O) groups is 4. The number of nitrogens with zero attached hydrogens (tertiary/aromatic N) is 1. The van der Waals surface area contributed by atoms with Gasteiger partial charge in [0.2, 0.25) is 0 Å². The zero-order chi connectivity index (χ0) is 22.0. The summed E-state index contributed by atoms with van der Waals surface area (Å²) in [6.07, 6.45) is 0.349. The Bertz CT molecular complexity index is 1050. The van der Waals surface area contributed by atoms with E-state index in [4.69, 9.17) is 9.84 Å². The number of imide groups is 2. The molecule has 1 aliphatic heterocycles. The molecule has 0 radical (unpaired) electrons. The summed E-state index contributed by atoms with van der Waals surface area (Å²) in [7, 11) is 0. The molecule has 0 saturated carbocycles. The Morgan fingerprint density at radius 3 is 2.23 bits per heavy atom. The Balaban J connectivity index is 1.90. The minimum atomic E-state index is -1.10. The predicted octanol–water partition coefficient (Wildman–Crippen LogP) is 2.82. The normalized spacial score (nSPS) is 16.4. The Morgan fingerprint density at radius 2 is 1.67 bits per heavy atom. The van der Waals surface area contributed by atoms with Crippen molar-refractivity contribution in [2.45, 2.75) is 26.9 Å². The molecule has 1 aliphatic rings. The van der Waals surface area contributed by atoms with Gasteiger partial charge >= 0.3 is 12.0 Å². The molecule has 0 bridgehead atoms. The number of carbonyl (C=O) groups excluding carboxylic acids is 3. The van der Waals surface area contributed by atoms with Crippen molar-refractivity contribution in [3.05, 3.63) is 64.7 Å². The number of ether oxygens (including phenoxy) is 1. The van der Waals surface area contributed by atoms with Gasteiger partial charge in [-0.05, 0) is 67.8 Å². The van der Waals surface area contributed by atoms with Crippen LogP contribution >= 0.6 is 0 Å². The number of carboxylic acid groups (broad SMARTS) is 1. The van der Waals surface area contributed by atoms with Gasteiger partial charge in [0, 0.05) is 0 Å². The maximum absolute atomic E-state index is 12.9. The Kier molecular flexibility index (Phi) is 5.68. The minimum Gasteiger partial charge on any atom is -0.479 e. The first-order chi connectivity index (χ1) is 14.2. The first-order valence-electron chi connectivity index (χ1n) is 9.15. The maximum atomic E-state index is 12.9. The molecule has 2 N–H and O–H groups in total. The Labute approximate surface area is 172 Å². The molecule has 0 aliphatic carbocycles. The number of hydrogen-bond donors (Lipinski definition) is 2. The average molecular weight is 408 g/mol. The third-order valence-electron chi connectivity index (χ3n) is 4.42. The highest BCUT2D eigenvalue weighted by molar-refractivity contribution is 6.39. The summed E-state index contributed by atoms with van der Waals surface area (Å²) in [5.41, 5.74) is 2.44. The van der Waals surface area contributed by atoms with Crippen LogP contribution in [0.25, 0.3) is 6.08 Å². The number of rotatable bonds is 5. The van der Waals surface area contributed by atoms with Crippen molar-refractivity contribution in [1.82, 2.24) is 5.32 Å². The van der Waals surface area contributed by atoms with Crippen molar-refractivity contribution >= 4 is 35.6 Å². The molecule has 0 unspecified atom stereocenters. The summed E-state index contributed by atoms with van der Waals surface area (Å²) in [6.45, 7) is 5.10. The number of aliphatic carboxylic acids is 1. The number of amides is 4. The van der Waals surface area contributed by atoms with Gasteiger partial charge in [-0.15, -0.1) is 0 Å². The molecule has 1 fully saturated rings. The van der Waals surface area contributed by atoms with Crippen LogP contribution in [-0.4, -0.2) is 35.0 Å². The van der Waals surface area contributed by atoms with Crippen LogP contribution in [0.3, 0.4) is 0 Å². The maximum Gasteiger partial charge on any atom is 0.344 e. The van der Waals surface area contributed by atoms with Gasteiger partial charge in [0.25, 0.3) is 11.8 Å². The fraction of sp³-hybridized carbons (Fsp3) is 0.182.